The predicted octanol–water partition coefficient (Wildman–Crippen LogP) is 3.55. The number of nitrogens with one attached hydrogen (secondary N) is 1. The zero-order chi connectivity index (χ0) is 20.3. The largest absolute Gasteiger partial charge is 0.391 e. The molecule has 28 heavy (non-hydrogen) atoms. The highest BCUT2D eigenvalue weighted by Gasteiger charge is 2.59. The van der Waals surface area contributed by atoms with Crippen LogP contribution in [0.2, 0.25) is 5.02 Å². The number of carbonyl (C=O) groups is 1. The Hall–Kier alpha value is -1.31. The Balaban J connectivity index is 1.70. The number of carbonyl (C=O) groups excluding carboxylic acids is 1. The minimum Gasteiger partial charge on any atom is -0.391 e. The number of aliphatic hydroxyl groups excluding tert-OH is 1. The van der Waals surface area contributed by atoms with Crippen molar-refractivity contribution in [2.75, 3.05) is 0 Å². The van der Waals surface area contributed by atoms with Crippen LogP contribution in [-0.4, -0.2) is 28.8 Å². The van der Waals surface area contributed by atoms with Crippen LogP contribution in [0.15, 0.2) is 12.1 Å². The first-order valence-corrected chi connectivity index (χ1v) is 10.1. The van der Waals surface area contributed by atoms with Gasteiger partial charge in [0.25, 0.3) is 0 Å². The molecule has 8 heteroatoms. The fraction of sp³-hybridized carbons (Fsp3) is 0.650. The molecule has 0 heterocycles. The van der Waals surface area contributed by atoms with Crippen LogP contribution < -0.4 is 11.1 Å². The van der Waals surface area contributed by atoms with Crippen LogP contribution in [-0.2, 0) is 4.79 Å². The molecule has 4 nitrogen and oxygen atoms in total. The van der Waals surface area contributed by atoms with Gasteiger partial charge in [-0.1, -0.05) is 11.6 Å². The summed E-state index contributed by atoms with van der Waals surface area (Å²) >= 11 is 5.89. The molecule has 0 saturated heterocycles. The summed E-state index contributed by atoms with van der Waals surface area (Å²) in [5.74, 6) is -2.71. The number of fused-ring (bicyclic) bond motifs is 2. The van der Waals surface area contributed by atoms with E-state index in [1.807, 2.05) is 0 Å². The fourth-order valence-electron chi connectivity index (χ4n) is 5.43. The molecule has 0 radical (unpaired) electrons. The average Bonchev–Trinajstić information content (AvgIpc) is 3.29. The van der Waals surface area contributed by atoms with E-state index in [0.717, 1.165) is 12.1 Å². The van der Waals surface area contributed by atoms with E-state index in [9.17, 15) is 23.1 Å². The number of benzene rings is 1. The van der Waals surface area contributed by atoms with Crippen molar-refractivity contribution < 1.29 is 23.1 Å². The first-order valence-electron chi connectivity index (χ1n) is 9.70. The van der Waals surface area contributed by atoms with E-state index in [4.69, 9.17) is 17.3 Å². The van der Waals surface area contributed by atoms with Gasteiger partial charge in [0.1, 0.15) is 17.3 Å². The third-order valence-electron chi connectivity index (χ3n) is 7.03. The number of alkyl halides is 1. The molecule has 3 fully saturated rings. The summed E-state index contributed by atoms with van der Waals surface area (Å²) in [6.07, 6.45) is 1.36. The third-order valence-corrected chi connectivity index (χ3v) is 7.32. The molecule has 1 aromatic carbocycles. The molecule has 4 unspecified atom stereocenters. The van der Waals surface area contributed by atoms with Crippen molar-refractivity contribution in [2.45, 2.75) is 68.8 Å². The van der Waals surface area contributed by atoms with E-state index in [1.165, 1.54) is 0 Å². The van der Waals surface area contributed by atoms with Gasteiger partial charge in [-0.2, -0.15) is 0 Å². The molecule has 4 N–H and O–H groups in total. The Morgan fingerprint density at radius 3 is 2.46 bits per heavy atom. The normalized spacial score (nSPS) is 38.0. The Labute approximate surface area is 166 Å². The van der Waals surface area contributed by atoms with Crippen LogP contribution in [0.25, 0.3) is 0 Å². The van der Waals surface area contributed by atoms with Crippen molar-refractivity contribution in [1.29, 1.82) is 0 Å². The second kappa shape index (κ2) is 6.89. The predicted molar refractivity (Wildman–Crippen MR) is 98.3 cm³/mol. The molecule has 4 rings (SSSR count). The zero-order valence-electron chi connectivity index (χ0n) is 15.4. The van der Waals surface area contributed by atoms with E-state index in [0.29, 0.717) is 32.1 Å². The van der Waals surface area contributed by atoms with Gasteiger partial charge in [-0.25, -0.2) is 13.2 Å². The Kier molecular flexibility index (Phi) is 4.91. The maximum Gasteiger partial charge on any atom is 0.223 e. The van der Waals surface area contributed by atoms with E-state index in [1.54, 1.807) is 0 Å². The number of nitrogens with two attached hydrogens (primary N) is 1. The molecular weight excluding hydrogens is 393 g/mol. The molecular formula is C20H24ClF3N2O2. The minimum absolute atomic E-state index is 0.156. The minimum atomic E-state index is -1.35. The lowest BCUT2D eigenvalue weighted by molar-refractivity contribution is -0.127. The Morgan fingerprint density at radius 1 is 1.25 bits per heavy atom. The van der Waals surface area contributed by atoms with Crippen molar-refractivity contribution in [3.8, 4) is 0 Å². The molecule has 1 amide bonds. The molecule has 3 aliphatic rings. The van der Waals surface area contributed by atoms with Crippen LogP contribution in [0.5, 0.6) is 0 Å². The lowest BCUT2D eigenvalue weighted by Crippen LogP contribution is -2.42. The van der Waals surface area contributed by atoms with Gasteiger partial charge in [-0.15, -0.1) is 0 Å². The zero-order valence-corrected chi connectivity index (χ0v) is 16.1. The highest BCUT2D eigenvalue weighted by Crippen LogP contribution is 2.63. The summed E-state index contributed by atoms with van der Waals surface area (Å²) < 4.78 is 44.4. The second-order valence-corrected chi connectivity index (χ2v) is 9.20. The number of halogens is 4. The molecule has 0 aliphatic heterocycles. The third kappa shape index (κ3) is 3.21. The van der Waals surface area contributed by atoms with E-state index < -0.39 is 52.7 Å². The van der Waals surface area contributed by atoms with Crippen molar-refractivity contribution in [3.05, 3.63) is 34.4 Å². The molecule has 3 saturated carbocycles. The van der Waals surface area contributed by atoms with Gasteiger partial charge in [-0.05, 0) is 62.5 Å². The van der Waals surface area contributed by atoms with Crippen molar-refractivity contribution in [1.82, 2.24) is 5.32 Å². The standard InChI is InChI=1S/C20H24ClF3N2O2/c21-11-1-2-12(22)15(16(11)23)17(19-3-5-20(24,9-19)6-4-19)26-18(28)10-7-13(25)14(27)8-10/h1-2,10,13-14,17,27H,3-9,25H2,(H,26,28). The molecule has 4 atom stereocenters. The van der Waals surface area contributed by atoms with Crippen molar-refractivity contribution in [3.63, 3.8) is 0 Å². The van der Waals surface area contributed by atoms with Gasteiger partial charge in [0.15, 0.2) is 0 Å². The van der Waals surface area contributed by atoms with Gasteiger partial charge < -0.3 is 16.2 Å². The number of aliphatic hydroxyl groups is 1. The fourth-order valence-corrected chi connectivity index (χ4v) is 5.60. The Morgan fingerprint density at radius 2 is 1.93 bits per heavy atom. The number of hydrogen-bond donors (Lipinski definition) is 3. The van der Waals surface area contributed by atoms with Crippen LogP contribution >= 0.6 is 11.6 Å². The molecule has 2 bridgehead atoms. The summed E-state index contributed by atoms with van der Waals surface area (Å²) in [6.45, 7) is 0. The topological polar surface area (TPSA) is 75.4 Å². The molecule has 0 aromatic heterocycles. The second-order valence-electron chi connectivity index (χ2n) is 8.79. The summed E-state index contributed by atoms with van der Waals surface area (Å²) in [5.41, 5.74) is 3.39. The van der Waals surface area contributed by atoms with Crippen LogP contribution in [0.4, 0.5) is 13.2 Å². The van der Waals surface area contributed by atoms with Crippen molar-refractivity contribution in [2.24, 2.45) is 17.1 Å². The summed E-state index contributed by atoms with van der Waals surface area (Å²) in [7, 11) is 0. The number of rotatable bonds is 4. The molecule has 3 aliphatic carbocycles. The van der Waals surface area contributed by atoms with Crippen LogP contribution in [0.3, 0.4) is 0 Å². The van der Waals surface area contributed by atoms with Crippen molar-refractivity contribution >= 4 is 17.5 Å². The van der Waals surface area contributed by atoms with Crippen LogP contribution in [0, 0.1) is 23.0 Å². The summed E-state index contributed by atoms with van der Waals surface area (Å²) in [5, 5.41) is 12.4. The SMILES string of the molecule is NC1CC(C(=O)NC(c2c(F)ccc(Cl)c2F)C23CCC(F)(CC2)C3)CC1O. The highest BCUT2D eigenvalue weighted by molar-refractivity contribution is 6.30. The maximum atomic E-state index is 14.9. The van der Waals surface area contributed by atoms with Gasteiger partial charge in [0, 0.05) is 17.5 Å². The summed E-state index contributed by atoms with van der Waals surface area (Å²) in [6, 6.07) is 0.663. The van der Waals surface area contributed by atoms with Gasteiger partial charge in [0.2, 0.25) is 5.91 Å². The number of hydrogen-bond acceptors (Lipinski definition) is 3. The van der Waals surface area contributed by atoms with E-state index in [-0.39, 0.29) is 23.4 Å². The smallest absolute Gasteiger partial charge is 0.223 e. The summed E-state index contributed by atoms with van der Waals surface area (Å²) in [4.78, 5) is 12.9. The highest BCUT2D eigenvalue weighted by atomic mass is 35.5. The van der Waals surface area contributed by atoms with Gasteiger partial charge in [-0.3, -0.25) is 4.79 Å². The number of amides is 1. The van der Waals surface area contributed by atoms with E-state index >= 15 is 0 Å². The molecule has 1 aromatic rings. The quantitative estimate of drug-likeness (QED) is 0.657. The molecule has 0 spiro atoms. The lowest BCUT2D eigenvalue weighted by Gasteiger charge is -2.37. The van der Waals surface area contributed by atoms with Gasteiger partial charge in [0.05, 0.1) is 17.2 Å². The van der Waals surface area contributed by atoms with Gasteiger partial charge >= 0.3 is 0 Å². The maximum absolute atomic E-state index is 14.9. The molecule has 154 valence electrons. The van der Waals surface area contributed by atoms with E-state index in [2.05, 4.69) is 5.32 Å². The lowest BCUT2D eigenvalue weighted by atomic mass is 9.74. The first-order chi connectivity index (χ1) is 13.1. The monoisotopic (exact) mass is 416 g/mol. The first kappa shape index (κ1) is 20.0. The Bertz CT molecular complexity index is 788. The van der Waals surface area contributed by atoms with Crippen LogP contribution in [0.1, 0.15) is 56.6 Å². The average molecular weight is 417 g/mol.